The van der Waals surface area contributed by atoms with Crippen molar-refractivity contribution in [3.05, 3.63) is 65.6 Å². The highest BCUT2D eigenvalue weighted by Gasteiger charge is 2.30. The molecule has 1 atom stereocenters. The van der Waals surface area contributed by atoms with Gasteiger partial charge in [0.15, 0.2) is 0 Å². The normalized spacial score (nSPS) is 16.4. The molecule has 112 valence electrons. The number of para-hydroxylation sites is 1. The lowest BCUT2D eigenvalue weighted by atomic mass is 10.1. The summed E-state index contributed by atoms with van der Waals surface area (Å²) in [7, 11) is 0. The summed E-state index contributed by atoms with van der Waals surface area (Å²) in [6, 6.07) is 15.1. The number of rotatable bonds is 1. The SMILES string of the molecule is CC1Cc2ccccc2N1c1c(C#N)cnc2ccc(F)cc12. The summed E-state index contributed by atoms with van der Waals surface area (Å²) < 4.78 is 13.8. The zero-order valence-corrected chi connectivity index (χ0v) is 12.6. The van der Waals surface area contributed by atoms with Gasteiger partial charge in [-0.15, -0.1) is 0 Å². The molecule has 1 aliphatic rings. The van der Waals surface area contributed by atoms with E-state index in [0.717, 1.165) is 17.8 Å². The van der Waals surface area contributed by atoms with E-state index in [1.54, 1.807) is 12.3 Å². The lowest BCUT2D eigenvalue weighted by Gasteiger charge is -2.27. The first kappa shape index (κ1) is 13.7. The highest BCUT2D eigenvalue weighted by atomic mass is 19.1. The number of benzene rings is 2. The van der Waals surface area contributed by atoms with E-state index in [4.69, 9.17) is 0 Å². The molecule has 0 fully saturated rings. The molecule has 3 nitrogen and oxygen atoms in total. The topological polar surface area (TPSA) is 39.9 Å². The summed E-state index contributed by atoms with van der Waals surface area (Å²) in [6.45, 7) is 2.12. The van der Waals surface area contributed by atoms with Crippen LogP contribution in [0.4, 0.5) is 15.8 Å². The minimum atomic E-state index is -0.323. The molecule has 1 aliphatic heterocycles. The Morgan fingerprint density at radius 3 is 2.91 bits per heavy atom. The Labute approximate surface area is 133 Å². The van der Waals surface area contributed by atoms with Crippen LogP contribution in [0, 0.1) is 17.1 Å². The molecule has 0 radical (unpaired) electrons. The highest BCUT2D eigenvalue weighted by Crippen LogP contribution is 2.42. The Morgan fingerprint density at radius 2 is 2.09 bits per heavy atom. The maximum absolute atomic E-state index is 13.8. The maximum atomic E-state index is 13.8. The molecular formula is C19H14FN3. The van der Waals surface area contributed by atoms with Gasteiger partial charge in [0.1, 0.15) is 11.9 Å². The van der Waals surface area contributed by atoms with Crippen LogP contribution in [0.2, 0.25) is 0 Å². The molecule has 1 aromatic heterocycles. The molecule has 0 amide bonds. The monoisotopic (exact) mass is 303 g/mol. The van der Waals surface area contributed by atoms with Crippen molar-refractivity contribution in [2.45, 2.75) is 19.4 Å². The molecule has 0 spiro atoms. The molecule has 2 aromatic carbocycles. The van der Waals surface area contributed by atoms with E-state index in [2.05, 4.69) is 28.9 Å². The third-order valence-corrected chi connectivity index (χ3v) is 4.37. The van der Waals surface area contributed by atoms with Gasteiger partial charge >= 0.3 is 0 Å². The van der Waals surface area contributed by atoms with Gasteiger partial charge in [-0.3, -0.25) is 4.98 Å². The third kappa shape index (κ3) is 2.05. The van der Waals surface area contributed by atoms with Crippen LogP contribution in [0.1, 0.15) is 18.1 Å². The lowest BCUT2D eigenvalue weighted by Crippen LogP contribution is -2.25. The first-order valence-electron chi connectivity index (χ1n) is 7.54. The fraction of sp³-hybridized carbons (Fsp3) is 0.158. The Kier molecular flexibility index (Phi) is 3.02. The first-order chi connectivity index (χ1) is 11.2. The van der Waals surface area contributed by atoms with Crippen LogP contribution in [-0.2, 0) is 6.42 Å². The molecule has 0 bridgehead atoms. The molecule has 23 heavy (non-hydrogen) atoms. The summed E-state index contributed by atoms with van der Waals surface area (Å²) in [6.07, 6.45) is 2.48. The molecule has 0 aliphatic carbocycles. The summed E-state index contributed by atoms with van der Waals surface area (Å²) in [5, 5.41) is 10.2. The summed E-state index contributed by atoms with van der Waals surface area (Å²) in [4.78, 5) is 6.43. The lowest BCUT2D eigenvalue weighted by molar-refractivity contribution is 0.629. The smallest absolute Gasteiger partial charge is 0.124 e. The molecular weight excluding hydrogens is 289 g/mol. The van der Waals surface area contributed by atoms with E-state index in [0.29, 0.717) is 16.5 Å². The minimum Gasteiger partial charge on any atom is -0.336 e. The Morgan fingerprint density at radius 1 is 1.26 bits per heavy atom. The predicted molar refractivity (Wildman–Crippen MR) is 88.2 cm³/mol. The predicted octanol–water partition coefficient (Wildman–Crippen LogP) is 4.33. The molecule has 2 heterocycles. The van der Waals surface area contributed by atoms with Crippen LogP contribution in [0.25, 0.3) is 10.9 Å². The van der Waals surface area contributed by atoms with Crippen LogP contribution >= 0.6 is 0 Å². The van der Waals surface area contributed by atoms with E-state index in [-0.39, 0.29) is 11.9 Å². The van der Waals surface area contributed by atoms with Crippen LogP contribution in [0.5, 0.6) is 0 Å². The number of fused-ring (bicyclic) bond motifs is 2. The van der Waals surface area contributed by atoms with E-state index < -0.39 is 0 Å². The van der Waals surface area contributed by atoms with Gasteiger partial charge in [-0.1, -0.05) is 18.2 Å². The van der Waals surface area contributed by atoms with E-state index >= 15 is 0 Å². The molecule has 1 unspecified atom stereocenters. The van der Waals surface area contributed by atoms with Gasteiger partial charge in [-0.05, 0) is 43.2 Å². The summed E-state index contributed by atoms with van der Waals surface area (Å²) in [5.74, 6) is -0.323. The number of hydrogen-bond acceptors (Lipinski definition) is 3. The van der Waals surface area contributed by atoms with Crippen molar-refractivity contribution in [2.24, 2.45) is 0 Å². The second-order valence-electron chi connectivity index (χ2n) is 5.85. The number of aromatic nitrogens is 1. The largest absolute Gasteiger partial charge is 0.336 e. The fourth-order valence-electron chi connectivity index (χ4n) is 3.40. The molecule has 0 N–H and O–H groups in total. The highest BCUT2D eigenvalue weighted by molar-refractivity contribution is 5.97. The maximum Gasteiger partial charge on any atom is 0.124 e. The number of nitriles is 1. The van der Waals surface area contributed by atoms with Crippen molar-refractivity contribution in [3.8, 4) is 6.07 Å². The average Bonchev–Trinajstić information content (AvgIpc) is 2.89. The molecule has 3 aromatic rings. The van der Waals surface area contributed by atoms with Crippen molar-refractivity contribution >= 4 is 22.3 Å². The molecule has 4 rings (SSSR count). The van der Waals surface area contributed by atoms with Crippen LogP contribution in [-0.4, -0.2) is 11.0 Å². The Balaban J connectivity index is 2.05. The number of pyridine rings is 1. The van der Waals surface area contributed by atoms with Crippen LogP contribution in [0.15, 0.2) is 48.7 Å². The number of nitrogens with zero attached hydrogens (tertiary/aromatic N) is 3. The van der Waals surface area contributed by atoms with Gasteiger partial charge in [0.25, 0.3) is 0 Å². The van der Waals surface area contributed by atoms with Gasteiger partial charge < -0.3 is 4.90 Å². The van der Waals surface area contributed by atoms with Gasteiger partial charge in [0.05, 0.1) is 16.8 Å². The van der Waals surface area contributed by atoms with E-state index in [9.17, 15) is 9.65 Å². The third-order valence-electron chi connectivity index (χ3n) is 4.37. The Hall–Kier alpha value is -2.93. The molecule has 4 heteroatoms. The molecule has 0 saturated carbocycles. The summed E-state index contributed by atoms with van der Waals surface area (Å²) >= 11 is 0. The van der Waals surface area contributed by atoms with Gasteiger partial charge in [-0.2, -0.15) is 5.26 Å². The number of halogens is 1. The van der Waals surface area contributed by atoms with Crippen molar-refractivity contribution in [1.29, 1.82) is 5.26 Å². The van der Waals surface area contributed by atoms with Crippen LogP contribution in [0.3, 0.4) is 0 Å². The van der Waals surface area contributed by atoms with Gasteiger partial charge in [-0.25, -0.2) is 4.39 Å². The second kappa shape index (κ2) is 5.06. The van der Waals surface area contributed by atoms with E-state index in [1.807, 2.05) is 18.2 Å². The number of hydrogen-bond donors (Lipinski definition) is 0. The fourth-order valence-corrected chi connectivity index (χ4v) is 3.40. The summed E-state index contributed by atoms with van der Waals surface area (Å²) in [5.41, 5.74) is 4.22. The number of anilines is 2. The van der Waals surface area contributed by atoms with Crippen molar-refractivity contribution < 1.29 is 4.39 Å². The minimum absolute atomic E-state index is 0.202. The quantitative estimate of drug-likeness (QED) is 0.672. The average molecular weight is 303 g/mol. The van der Waals surface area contributed by atoms with Crippen molar-refractivity contribution in [3.63, 3.8) is 0 Å². The van der Waals surface area contributed by atoms with E-state index in [1.165, 1.54) is 17.7 Å². The van der Waals surface area contributed by atoms with Crippen molar-refractivity contribution in [1.82, 2.24) is 4.98 Å². The zero-order chi connectivity index (χ0) is 16.0. The van der Waals surface area contributed by atoms with Crippen molar-refractivity contribution in [2.75, 3.05) is 4.90 Å². The van der Waals surface area contributed by atoms with Gasteiger partial charge in [0.2, 0.25) is 0 Å². The zero-order valence-electron chi connectivity index (χ0n) is 12.6. The molecule has 0 saturated heterocycles. The Bertz CT molecular complexity index is 958. The second-order valence-corrected chi connectivity index (χ2v) is 5.85. The first-order valence-corrected chi connectivity index (χ1v) is 7.54. The van der Waals surface area contributed by atoms with Gasteiger partial charge in [0, 0.05) is 23.3 Å². The van der Waals surface area contributed by atoms with Crippen LogP contribution < -0.4 is 4.90 Å². The standard InChI is InChI=1S/C19H14FN3/c1-12-8-13-4-2-3-5-18(13)23(12)19-14(10-21)11-22-17-7-6-15(20)9-16(17)19/h2-7,9,11-12H,8H2,1H3.